The van der Waals surface area contributed by atoms with Crippen molar-refractivity contribution < 1.29 is 14.7 Å². The van der Waals surface area contributed by atoms with E-state index in [2.05, 4.69) is 5.32 Å². The van der Waals surface area contributed by atoms with E-state index in [1.165, 1.54) is 0 Å². The summed E-state index contributed by atoms with van der Waals surface area (Å²) in [6, 6.07) is 7.36. The second-order valence-corrected chi connectivity index (χ2v) is 6.05. The van der Waals surface area contributed by atoms with Gasteiger partial charge in [-0.25, -0.2) is 4.79 Å². The third-order valence-electron chi connectivity index (χ3n) is 3.72. The SMILES string of the molecule is CSCc1cccc(C(=O)NC2(C(=O)O)CCCC2)c1. The molecule has 1 fully saturated rings. The van der Waals surface area contributed by atoms with Gasteiger partial charge in [0.05, 0.1) is 0 Å². The van der Waals surface area contributed by atoms with E-state index in [1.807, 2.05) is 24.5 Å². The van der Waals surface area contributed by atoms with E-state index in [1.54, 1.807) is 17.8 Å². The van der Waals surface area contributed by atoms with Crippen molar-refractivity contribution in [3.63, 3.8) is 0 Å². The highest BCUT2D eigenvalue weighted by Crippen LogP contribution is 2.30. The first-order valence-electron chi connectivity index (χ1n) is 6.71. The van der Waals surface area contributed by atoms with E-state index in [0.29, 0.717) is 18.4 Å². The fourth-order valence-corrected chi connectivity index (χ4v) is 3.14. The summed E-state index contributed by atoms with van der Waals surface area (Å²) in [6.07, 6.45) is 4.72. The van der Waals surface area contributed by atoms with Crippen molar-refractivity contribution in [2.24, 2.45) is 0 Å². The fourth-order valence-electron chi connectivity index (χ4n) is 2.63. The minimum absolute atomic E-state index is 0.294. The van der Waals surface area contributed by atoms with Gasteiger partial charge in [-0.2, -0.15) is 11.8 Å². The molecule has 0 heterocycles. The van der Waals surface area contributed by atoms with Gasteiger partial charge in [0.2, 0.25) is 0 Å². The highest BCUT2D eigenvalue weighted by molar-refractivity contribution is 7.97. The Morgan fingerprint density at radius 3 is 2.65 bits per heavy atom. The van der Waals surface area contributed by atoms with Gasteiger partial charge in [0, 0.05) is 11.3 Å². The minimum atomic E-state index is -1.08. The summed E-state index contributed by atoms with van der Waals surface area (Å²) >= 11 is 1.69. The van der Waals surface area contributed by atoms with Crippen molar-refractivity contribution in [1.82, 2.24) is 5.32 Å². The van der Waals surface area contributed by atoms with Gasteiger partial charge >= 0.3 is 5.97 Å². The number of aliphatic carboxylic acids is 1. The van der Waals surface area contributed by atoms with Crippen LogP contribution in [-0.4, -0.2) is 28.8 Å². The topological polar surface area (TPSA) is 66.4 Å². The molecule has 0 spiro atoms. The van der Waals surface area contributed by atoms with E-state index in [-0.39, 0.29) is 5.91 Å². The molecule has 4 nitrogen and oxygen atoms in total. The third-order valence-corrected chi connectivity index (χ3v) is 4.34. The molecular weight excluding hydrogens is 274 g/mol. The highest BCUT2D eigenvalue weighted by Gasteiger charge is 2.42. The van der Waals surface area contributed by atoms with Gasteiger partial charge in [0.15, 0.2) is 0 Å². The molecule has 1 amide bonds. The standard InChI is InChI=1S/C15H19NO3S/c1-20-10-11-5-4-6-12(9-11)13(17)16-15(14(18)19)7-2-3-8-15/h4-6,9H,2-3,7-8,10H2,1H3,(H,16,17)(H,18,19). The number of hydrogen-bond acceptors (Lipinski definition) is 3. The van der Waals surface area contributed by atoms with Gasteiger partial charge in [-0.15, -0.1) is 0 Å². The first kappa shape index (κ1) is 14.9. The van der Waals surface area contributed by atoms with Crippen molar-refractivity contribution >= 4 is 23.6 Å². The lowest BCUT2D eigenvalue weighted by Gasteiger charge is -2.25. The first-order valence-corrected chi connectivity index (χ1v) is 8.10. The Morgan fingerprint density at radius 1 is 1.35 bits per heavy atom. The maximum absolute atomic E-state index is 12.3. The molecular formula is C15H19NO3S. The maximum atomic E-state index is 12.3. The number of carbonyl (C=O) groups is 2. The van der Waals surface area contributed by atoms with Gasteiger partial charge in [-0.05, 0) is 36.8 Å². The molecule has 0 aliphatic heterocycles. The second kappa shape index (κ2) is 6.31. The van der Waals surface area contributed by atoms with Crippen LogP contribution >= 0.6 is 11.8 Å². The summed E-state index contributed by atoms with van der Waals surface area (Å²) in [5.74, 6) is -0.383. The van der Waals surface area contributed by atoms with Crippen molar-refractivity contribution in [3.8, 4) is 0 Å². The fraction of sp³-hybridized carbons (Fsp3) is 0.467. The summed E-state index contributed by atoms with van der Waals surface area (Å²) < 4.78 is 0. The Hall–Kier alpha value is -1.49. The molecule has 0 saturated heterocycles. The summed E-state index contributed by atoms with van der Waals surface area (Å²) in [5, 5.41) is 12.1. The molecule has 5 heteroatoms. The Kier molecular flexibility index (Phi) is 4.70. The van der Waals surface area contributed by atoms with Crippen molar-refractivity contribution in [2.75, 3.05) is 6.26 Å². The van der Waals surface area contributed by atoms with Gasteiger partial charge in [0.1, 0.15) is 5.54 Å². The number of benzene rings is 1. The minimum Gasteiger partial charge on any atom is -0.480 e. The lowest BCUT2D eigenvalue weighted by molar-refractivity contribution is -0.144. The van der Waals surface area contributed by atoms with E-state index >= 15 is 0 Å². The number of carboxylic acid groups (broad SMARTS) is 1. The molecule has 20 heavy (non-hydrogen) atoms. The average Bonchev–Trinajstić information content (AvgIpc) is 2.89. The molecule has 2 rings (SSSR count). The normalized spacial score (nSPS) is 16.9. The van der Waals surface area contributed by atoms with Crippen LogP contribution in [0.15, 0.2) is 24.3 Å². The summed E-state index contributed by atoms with van der Waals surface area (Å²) in [6.45, 7) is 0. The van der Waals surface area contributed by atoms with Crippen molar-refractivity contribution in [3.05, 3.63) is 35.4 Å². The van der Waals surface area contributed by atoms with Crippen LogP contribution in [-0.2, 0) is 10.5 Å². The van der Waals surface area contributed by atoms with Crippen LogP contribution < -0.4 is 5.32 Å². The second-order valence-electron chi connectivity index (χ2n) is 5.18. The van der Waals surface area contributed by atoms with Crippen LogP contribution in [0.1, 0.15) is 41.6 Å². The third kappa shape index (κ3) is 3.15. The maximum Gasteiger partial charge on any atom is 0.329 e. The molecule has 0 radical (unpaired) electrons. The molecule has 1 aromatic carbocycles. The number of nitrogens with one attached hydrogen (secondary N) is 1. The van der Waals surface area contributed by atoms with Crippen LogP contribution in [0, 0.1) is 0 Å². The molecule has 1 aromatic rings. The summed E-state index contributed by atoms with van der Waals surface area (Å²) in [4.78, 5) is 23.7. The predicted octanol–water partition coefficient (Wildman–Crippen LogP) is 2.68. The summed E-state index contributed by atoms with van der Waals surface area (Å²) in [7, 11) is 0. The van der Waals surface area contributed by atoms with Crippen molar-refractivity contribution in [2.45, 2.75) is 37.0 Å². The zero-order valence-corrected chi connectivity index (χ0v) is 12.3. The molecule has 2 N–H and O–H groups in total. The zero-order chi connectivity index (χ0) is 14.6. The van der Waals surface area contributed by atoms with Crippen LogP contribution in [0.4, 0.5) is 0 Å². The van der Waals surface area contributed by atoms with Gasteiger partial charge in [-0.3, -0.25) is 4.79 Å². The van der Waals surface area contributed by atoms with Crippen LogP contribution in [0.2, 0.25) is 0 Å². The molecule has 0 bridgehead atoms. The van der Waals surface area contributed by atoms with E-state index < -0.39 is 11.5 Å². The van der Waals surface area contributed by atoms with Crippen LogP contribution in [0.3, 0.4) is 0 Å². The number of carbonyl (C=O) groups excluding carboxylic acids is 1. The van der Waals surface area contributed by atoms with E-state index in [4.69, 9.17) is 0 Å². The quantitative estimate of drug-likeness (QED) is 0.876. The number of rotatable bonds is 5. The average molecular weight is 293 g/mol. The molecule has 1 saturated carbocycles. The number of hydrogen-bond donors (Lipinski definition) is 2. The Bertz CT molecular complexity index is 510. The monoisotopic (exact) mass is 293 g/mol. The smallest absolute Gasteiger partial charge is 0.329 e. The molecule has 0 atom stereocenters. The van der Waals surface area contributed by atoms with Gasteiger partial charge in [0.25, 0.3) is 5.91 Å². The zero-order valence-electron chi connectivity index (χ0n) is 11.5. The Labute approximate surface area is 123 Å². The highest BCUT2D eigenvalue weighted by atomic mass is 32.2. The van der Waals surface area contributed by atoms with Gasteiger partial charge < -0.3 is 10.4 Å². The Balaban J connectivity index is 2.15. The van der Waals surface area contributed by atoms with E-state index in [9.17, 15) is 14.7 Å². The predicted molar refractivity (Wildman–Crippen MR) is 80.0 cm³/mol. The summed E-state index contributed by atoms with van der Waals surface area (Å²) in [5.41, 5.74) is 0.525. The number of carboxylic acids is 1. The van der Waals surface area contributed by atoms with Crippen LogP contribution in [0.5, 0.6) is 0 Å². The molecule has 1 aliphatic rings. The lowest BCUT2D eigenvalue weighted by atomic mass is 9.97. The first-order chi connectivity index (χ1) is 9.57. The number of amides is 1. The lowest BCUT2D eigenvalue weighted by Crippen LogP contribution is -2.52. The molecule has 1 aliphatic carbocycles. The largest absolute Gasteiger partial charge is 0.480 e. The molecule has 108 valence electrons. The molecule has 0 aromatic heterocycles. The van der Waals surface area contributed by atoms with Crippen LogP contribution in [0.25, 0.3) is 0 Å². The molecule has 0 unspecified atom stereocenters. The van der Waals surface area contributed by atoms with E-state index in [0.717, 1.165) is 24.2 Å². The Morgan fingerprint density at radius 2 is 2.05 bits per heavy atom. The van der Waals surface area contributed by atoms with Crippen molar-refractivity contribution in [1.29, 1.82) is 0 Å². The number of thioether (sulfide) groups is 1. The van der Waals surface area contributed by atoms with Gasteiger partial charge in [-0.1, -0.05) is 25.0 Å².